The largest absolute Gasteiger partial charge is 0.324 e. The van der Waals surface area contributed by atoms with Crippen molar-refractivity contribution in [2.75, 3.05) is 18.1 Å². The monoisotopic (exact) mass is 467 g/mol. The molecule has 0 radical (unpaired) electrons. The number of carbonyl (C=O) groups excluding carboxylic acids is 1. The predicted octanol–water partition coefficient (Wildman–Crippen LogP) is 2.58. The number of benzene rings is 1. The molecule has 3 fully saturated rings. The molecule has 2 bridgehead atoms. The van der Waals surface area contributed by atoms with E-state index < -0.39 is 24.0 Å². The van der Waals surface area contributed by atoms with Crippen LogP contribution in [0.25, 0.3) is 0 Å². The number of anilines is 1. The maximum absolute atomic E-state index is 14.3. The average Bonchev–Trinajstić information content (AvgIpc) is 3.05. The third-order valence-corrected chi connectivity index (χ3v) is 7.08. The van der Waals surface area contributed by atoms with Crippen LogP contribution in [-0.4, -0.2) is 42.3 Å². The molecule has 4 aliphatic rings. The standard InChI is InChI=1S/C20H24BrF2N5O/c1-10-5-14(21)6-11(2)16(10)28-9-15-17(26-28)24-19(25-18(15)29)27-7-12-3-4-13(8-27)20(12,22)23/h5-6,9,12-13,17,19,24,26H,3-4,7-8H2,1-2H3,(H,25,29). The molecule has 1 aromatic carbocycles. The number of halogens is 3. The highest BCUT2D eigenvalue weighted by Gasteiger charge is 2.57. The van der Waals surface area contributed by atoms with Crippen molar-refractivity contribution in [3.8, 4) is 0 Å². The van der Waals surface area contributed by atoms with E-state index in [1.165, 1.54) is 0 Å². The Kier molecular flexibility index (Phi) is 4.51. The summed E-state index contributed by atoms with van der Waals surface area (Å²) < 4.78 is 29.5. The highest BCUT2D eigenvalue weighted by atomic mass is 79.9. The van der Waals surface area contributed by atoms with Crippen molar-refractivity contribution >= 4 is 27.5 Å². The summed E-state index contributed by atoms with van der Waals surface area (Å²) in [6.07, 6.45) is 2.09. The molecule has 1 saturated carbocycles. The van der Waals surface area contributed by atoms with Gasteiger partial charge < -0.3 is 5.32 Å². The van der Waals surface area contributed by atoms with Gasteiger partial charge in [0.1, 0.15) is 12.5 Å². The van der Waals surface area contributed by atoms with Crippen molar-refractivity contribution < 1.29 is 13.6 Å². The fourth-order valence-electron chi connectivity index (χ4n) is 5.19. The topological polar surface area (TPSA) is 59.6 Å². The van der Waals surface area contributed by atoms with Crippen LogP contribution in [0.15, 0.2) is 28.4 Å². The van der Waals surface area contributed by atoms with Gasteiger partial charge in [0, 0.05) is 35.6 Å². The van der Waals surface area contributed by atoms with E-state index in [1.54, 1.807) is 6.20 Å². The minimum absolute atomic E-state index is 0.175. The van der Waals surface area contributed by atoms with Gasteiger partial charge in [0.15, 0.2) is 0 Å². The lowest BCUT2D eigenvalue weighted by atomic mass is 9.93. The van der Waals surface area contributed by atoms with Crippen LogP contribution in [0.5, 0.6) is 0 Å². The molecule has 0 aromatic heterocycles. The van der Waals surface area contributed by atoms with Crippen LogP contribution in [0.4, 0.5) is 14.5 Å². The predicted molar refractivity (Wildman–Crippen MR) is 109 cm³/mol. The zero-order chi connectivity index (χ0) is 20.5. The average molecular weight is 468 g/mol. The summed E-state index contributed by atoms with van der Waals surface area (Å²) >= 11 is 3.51. The van der Waals surface area contributed by atoms with Gasteiger partial charge in [0.2, 0.25) is 0 Å². The van der Waals surface area contributed by atoms with E-state index in [9.17, 15) is 13.6 Å². The van der Waals surface area contributed by atoms with E-state index in [1.807, 2.05) is 35.9 Å². The molecule has 0 spiro atoms. The van der Waals surface area contributed by atoms with Gasteiger partial charge >= 0.3 is 0 Å². The third-order valence-electron chi connectivity index (χ3n) is 6.63. The summed E-state index contributed by atoms with van der Waals surface area (Å²) in [5.74, 6) is -4.01. The molecular weight excluding hydrogens is 444 g/mol. The molecule has 9 heteroatoms. The molecule has 5 rings (SSSR count). The normalized spacial score (nSPS) is 33.5. The maximum atomic E-state index is 14.3. The Morgan fingerprint density at radius 2 is 1.76 bits per heavy atom. The van der Waals surface area contributed by atoms with Gasteiger partial charge in [-0.25, -0.2) is 14.2 Å². The molecule has 1 aliphatic carbocycles. The first-order valence-corrected chi connectivity index (χ1v) is 10.8. The van der Waals surface area contributed by atoms with Crippen molar-refractivity contribution in [2.45, 2.75) is 45.1 Å². The first-order valence-electron chi connectivity index (χ1n) is 9.96. The van der Waals surface area contributed by atoms with E-state index in [0.29, 0.717) is 31.5 Å². The van der Waals surface area contributed by atoms with E-state index >= 15 is 0 Å². The van der Waals surface area contributed by atoms with Gasteiger partial charge in [0.25, 0.3) is 11.8 Å². The van der Waals surface area contributed by atoms with Gasteiger partial charge in [-0.2, -0.15) is 0 Å². The van der Waals surface area contributed by atoms with Crippen LogP contribution in [-0.2, 0) is 4.79 Å². The lowest BCUT2D eigenvalue weighted by molar-refractivity contribution is -0.137. The Balaban J connectivity index is 1.34. The minimum atomic E-state index is -2.58. The number of hydrogen-bond acceptors (Lipinski definition) is 5. The van der Waals surface area contributed by atoms with Gasteiger partial charge in [-0.05, 0) is 49.9 Å². The molecule has 2 saturated heterocycles. The highest BCUT2D eigenvalue weighted by molar-refractivity contribution is 9.10. The molecule has 3 N–H and O–H groups in total. The number of nitrogens with one attached hydrogen (secondary N) is 3. The molecule has 29 heavy (non-hydrogen) atoms. The molecule has 4 atom stereocenters. The number of amides is 1. The fourth-order valence-corrected chi connectivity index (χ4v) is 5.88. The summed E-state index contributed by atoms with van der Waals surface area (Å²) in [7, 11) is 0. The van der Waals surface area contributed by atoms with Gasteiger partial charge in [-0.1, -0.05) is 15.9 Å². The molecule has 4 unspecified atom stereocenters. The van der Waals surface area contributed by atoms with Crippen LogP contribution < -0.4 is 21.1 Å². The van der Waals surface area contributed by atoms with Crippen LogP contribution in [0.3, 0.4) is 0 Å². The molecule has 3 heterocycles. The highest BCUT2D eigenvalue weighted by Crippen LogP contribution is 2.49. The number of likely N-dealkylation sites (tertiary alicyclic amines) is 1. The quantitative estimate of drug-likeness (QED) is 0.623. The number of aryl methyl sites for hydroxylation is 2. The van der Waals surface area contributed by atoms with Crippen LogP contribution in [0.1, 0.15) is 24.0 Å². The second kappa shape index (κ2) is 6.73. The van der Waals surface area contributed by atoms with E-state index in [-0.39, 0.29) is 12.1 Å². The summed E-state index contributed by atoms with van der Waals surface area (Å²) in [6.45, 7) is 4.63. The molecule has 6 nitrogen and oxygen atoms in total. The van der Waals surface area contributed by atoms with Gasteiger partial charge in [-0.3, -0.25) is 20.0 Å². The maximum Gasteiger partial charge on any atom is 0.256 e. The number of piperidine rings is 1. The smallest absolute Gasteiger partial charge is 0.256 e. The van der Waals surface area contributed by atoms with Crippen molar-refractivity contribution in [3.63, 3.8) is 0 Å². The Morgan fingerprint density at radius 3 is 2.38 bits per heavy atom. The molecule has 1 amide bonds. The Labute approximate surface area is 176 Å². The van der Waals surface area contributed by atoms with Gasteiger partial charge in [-0.15, -0.1) is 0 Å². The molecule has 3 aliphatic heterocycles. The summed E-state index contributed by atoms with van der Waals surface area (Å²) in [6, 6.07) is 4.06. The molecule has 156 valence electrons. The van der Waals surface area contributed by atoms with E-state index in [0.717, 1.165) is 21.3 Å². The van der Waals surface area contributed by atoms with Crippen molar-refractivity contribution in [1.82, 2.24) is 21.0 Å². The fraction of sp³-hybridized carbons (Fsp3) is 0.550. The van der Waals surface area contributed by atoms with Crippen LogP contribution in [0.2, 0.25) is 0 Å². The first kappa shape index (κ1) is 19.4. The third kappa shape index (κ3) is 3.10. The van der Waals surface area contributed by atoms with E-state index in [2.05, 4.69) is 32.0 Å². The number of nitrogens with zero attached hydrogens (tertiary/aromatic N) is 2. The van der Waals surface area contributed by atoms with E-state index in [4.69, 9.17) is 0 Å². The Morgan fingerprint density at radius 1 is 1.14 bits per heavy atom. The molecular formula is C20H24BrF2N5O. The lowest BCUT2D eigenvalue weighted by Gasteiger charge is -2.44. The number of hydrogen-bond donors (Lipinski definition) is 3. The Bertz CT molecular complexity index is 868. The first-order chi connectivity index (χ1) is 13.7. The SMILES string of the molecule is Cc1cc(Br)cc(C)c1N1C=C2C(=O)NC(N3CC4CCC(C3)C4(F)F)NC2N1. The second-order valence-electron chi connectivity index (χ2n) is 8.55. The summed E-state index contributed by atoms with van der Waals surface area (Å²) in [4.78, 5) is 14.7. The molecule has 1 aromatic rings. The Hall–Kier alpha value is -1.55. The van der Waals surface area contributed by atoms with Crippen molar-refractivity contribution in [3.05, 3.63) is 39.5 Å². The number of carbonyl (C=O) groups is 1. The minimum Gasteiger partial charge on any atom is -0.324 e. The number of hydrazine groups is 1. The van der Waals surface area contributed by atoms with Crippen molar-refractivity contribution in [1.29, 1.82) is 0 Å². The van der Waals surface area contributed by atoms with Crippen LogP contribution >= 0.6 is 15.9 Å². The summed E-state index contributed by atoms with van der Waals surface area (Å²) in [5, 5.41) is 8.21. The van der Waals surface area contributed by atoms with Crippen molar-refractivity contribution in [2.24, 2.45) is 11.8 Å². The van der Waals surface area contributed by atoms with Crippen LogP contribution in [0, 0.1) is 25.7 Å². The number of rotatable bonds is 2. The number of fused-ring (bicyclic) bond motifs is 3. The second-order valence-corrected chi connectivity index (χ2v) is 9.46. The van der Waals surface area contributed by atoms with Gasteiger partial charge in [0.05, 0.1) is 11.3 Å². The zero-order valence-electron chi connectivity index (χ0n) is 16.3. The lowest BCUT2D eigenvalue weighted by Crippen LogP contribution is -2.69. The summed E-state index contributed by atoms with van der Waals surface area (Å²) in [5.41, 5.74) is 7.08. The zero-order valence-corrected chi connectivity index (χ0v) is 17.9. The number of alkyl halides is 2.